The summed E-state index contributed by atoms with van der Waals surface area (Å²) in [6.07, 6.45) is 5.92. The average Bonchev–Trinajstić information content (AvgIpc) is 3.29. The minimum Gasteiger partial charge on any atom is -0.472 e. The SMILES string of the molecule is C=CCCCCC[C@H](NC(=O)OC(C)(C)C)C(=O)N1C[C@H](OC(=N)c2sccc2NC)C[C@H]1C(=O)N[C@]1(C(=O)OC)C[C@H]1C=C. The van der Waals surface area contributed by atoms with E-state index in [1.807, 2.05) is 17.5 Å². The fourth-order valence-corrected chi connectivity index (χ4v) is 6.28. The lowest BCUT2D eigenvalue weighted by Crippen LogP contribution is -2.56. The van der Waals surface area contributed by atoms with Gasteiger partial charge in [-0.25, -0.2) is 9.59 Å². The number of rotatable bonds is 15. The van der Waals surface area contributed by atoms with Crippen molar-refractivity contribution in [1.29, 1.82) is 5.41 Å². The van der Waals surface area contributed by atoms with Gasteiger partial charge in [0.05, 0.1) is 19.3 Å². The Bertz CT molecular complexity index is 1270. The molecule has 3 amide bonds. The van der Waals surface area contributed by atoms with Crippen molar-refractivity contribution in [3.63, 3.8) is 0 Å². The molecule has 3 rings (SSSR count). The highest BCUT2D eigenvalue weighted by atomic mass is 32.1. The molecule has 1 saturated heterocycles. The molecule has 45 heavy (non-hydrogen) atoms. The minimum atomic E-state index is -1.26. The molecule has 1 aromatic heterocycles. The van der Waals surface area contributed by atoms with Gasteiger partial charge < -0.3 is 35.1 Å². The number of alkyl carbamates (subject to hydrolysis) is 1. The van der Waals surface area contributed by atoms with Crippen LogP contribution in [0.4, 0.5) is 10.5 Å². The lowest BCUT2D eigenvalue weighted by atomic mass is 10.0. The van der Waals surface area contributed by atoms with Crippen LogP contribution in [0.1, 0.15) is 70.6 Å². The van der Waals surface area contributed by atoms with Crippen molar-refractivity contribution in [2.75, 3.05) is 26.0 Å². The quantitative estimate of drug-likeness (QED) is 0.0720. The van der Waals surface area contributed by atoms with E-state index in [4.69, 9.17) is 19.6 Å². The van der Waals surface area contributed by atoms with E-state index in [1.165, 1.54) is 23.3 Å². The second-order valence-electron chi connectivity index (χ2n) is 12.3. The summed E-state index contributed by atoms with van der Waals surface area (Å²) in [4.78, 5) is 55.4. The predicted molar refractivity (Wildman–Crippen MR) is 173 cm³/mol. The van der Waals surface area contributed by atoms with Gasteiger partial charge in [0, 0.05) is 19.4 Å². The largest absolute Gasteiger partial charge is 0.472 e. The van der Waals surface area contributed by atoms with Gasteiger partial charge in [-0.2, -0.15) is 0 Å². The number of hydrogen-bond donors (Lipinski definition) is 4. The molecular weight excluding hydrogens is 598 g/mol. The first-order chi connectivity index (χ1) is 21.3. The lowest BCUT2D eigenvalue weighted by molar-refractivity contribution is -0.148. The molecule has 2 heterocycles. The molecule has 2 aliphatic rings. The summed E-state index contributed by atoms with van der Waals surface area (Å²) in [5, 5.41) is 19.0. The van der Waals surface area contributed by atoms with Crippen LogP contribution in [0.15, 0.2) is 36.8 Å². The zero-order chi connectivity index (χ0) is 33.4. The number of nitrogens with zero attached hydrogens (tertiary/aromatic N) is 1. The maximum atomic E-state index is 14.2. The number of hydrogen-bond acceptors (Lipinski definition) is 10. The van der Waals surface area contributed by atoms with E-state index >= 15 is 0 Å². The Balaban J connectivity index is 1.87. The smallest absolute Gasteiger partial charge is 0.408 e. The molecule has 0 unspecified atom stereocenters. The van der Waals surface area contributed by atoms with E-state index in [1.54, 1.807) is 33.9 Å². The summed E-state index contributed by atoms with van der Waals surface area (Å²) in [7, 11) is 3.00. The first kappa shape index (κ1) is 35.6. The number of anilines is 1. The molecule has 0 aromatic carbocycles. The maximum absolute atomic E-state index is 14.2. The minimum absolute atomic E-state index is 0.00135. The highest BCUT2D eigenvalue weighted by Gasteiger charge is 2.62. The molecule has 1 aromatic rings. The van der Waals surface area contributed by atoms with E-state index < -0.39 is 53.2 Å². The molecule has 4 N–H and O–H groups in total. The molecular formula is C32H47N5O7S. The maximum Gasteiger partial charge on any atom is 0.408 e. The monoisotopic (exact) mass is 645 g/mol. The highest BCUT2D eigenvalue weighted by Crippen LogP contribution is 2.45. The van der Waals surface area contributed by atoms with Crippen LogP contribution in [0.5, 0.6) is 0 Å². The Labute approximate surface area is 269 Å². The Kier molecular flexibility index (Phi) is 12.2. The van der Waals surface area contributed by atoms with Gasteiger partial charge in [-0.1, -0.05) is 25.0 Å². The van der Waals surface area contributed by atoms with Crippen molar-refractivity contribution in [2.24, 2.45) is 5.92 Å². The Morgan fingerprint density at radius 2 is 1.96 bits per heavy atom. The summed E-state index contributed by atoms with van der Waals surface area (Å²) < 4.78 is 16.4. The molecule has 1 aliphatic carbocycles. The number of esters is 1. The van der Waals surface area contributed by atoms with Crippen LogP contribution < -0.4 is 16.0 Å². The predicted octanol–water partition coefficient (Wildman–Crippen LogP) is 4.36. The van der Waals surface area contributed by atoms with Gasteiger partial charge in [0.2, 0.25) is 17.7 Å². The third-order valence-electron chi connectivity index (χ3n) is 7.86. The number of carbonyl (C=O) groups excluding carboxylic acids is 4. The number of ether oxygens (including phenoxy) is 3. The number of unbranched alkanes of at least 4 members (excludes halogenated alkanes) is 3. The lowest BCUT2D eigenvalue weighted by Gasteiger charge is -2.30. The van der Waals surface area contributed by atoms with Crippen LogP contribution in [0.2, 0.25) is 0 Å². The molecule has 0 radical (unpaired) electrons. The fraction of sp³-hybridized carbons (Fsp3) is 0.594. The first-order valence-electron chi connectivity index (χ1n) is 15.2. The summed E-state index contributed by atoms with van der Waals surface area (Å²) in [6, 6.07) is -0.168. The standard InChI is InChI=1S/C32H47N5O7S/c1-8-10-11-12-13-14-23(35-30(41)44-31(3,4)5)28(39)37-19-21(43-26(33)25-22(34-6)15-16-45-25)17-24(37)27(38)36-32(29(40)42-7)18-20(32)9-2/h8-9,15-16,20-21,23-24,33-34H,1-2,10-14,17-19H2,3-7H3,(H,35,41)(H,36,38)/t20-,21-,23+,24+,32-/m1/s1. The van der Waals surface area contributed by atoms with Gasteiger partial charge in [0.1, 0.15) is 34.2 Å². The molecule has 248 valence electrons. The van der Waals surface area contributed by atoms with Gasteiger partial charge in [-0.3, -0.25) is 15.0 Å². The Morgan fingerprint density at radius 3 is 2.56 bits per heavy atom. The van der Waals surface area contributed by atoms with Crippen molar-refractivity contribution in [1.82, 2.24) is 15.5 Å². The molecule has 13 heteroatoms. The van der Waals surface area contributed by atoms with E-state index in [0.717, 1.165) is 24.9 Å². The van der Waals surface area contributed by atoms with Gasteiger partial charge in [-0.05, 0) is 57.9 Å². The van der Waals surface area contributed by atoms with Crippen LogP contribution in [-0.4, -0.2) is 84.7 Å². The summed E-state index contributed by atoms with van der Waals surface area (Å²) >= 11 is 1.33. The van der Waals surface area contributed by atoms with Crippen LogP contribution in [0.3, 0.4) is 0 Å². The molecule has 5 atom stereocenters. The van der Waals surface area contributed by atoms with E-state index in [0.29, 0.717) is 24.1 Å². The Morgan fingerprint density at radius 1 is 1.22 bits per heavy atom. The van der Waals surface area contributed by atoms with Crippen molar-refractivity contribution < 1.29 is 33.4 Å². The molecule has 2 fully saturated rings. The second kappa shape index (κ2) is 15.4. The first-order valence-corrected chi connectivity index (χ1v) is 16.1. The van der Waals surface area contributed by atoms with Gasteiger partial charge in [0.25, 0.3) is 0 Å². The number of likely N-dealkylation sites (tertiary alicyclic amines) is 1. The Hall–Kier alpha value is -3.87. The number of methoxy groups -OCH3 is 1. The molecule has 1 saturated carbocycles. The summed E-state index contributed by atoms with van der Waals surface area (Å²) in [5.41, 5.74) is -1.31. The normalized spacial score (nSPS) is 22.9. The molecule has 1 aliphatic heterocycles. The molecule has 0 bridgehead atoms. The zero-order valence-electron chi connectivity index (χ0n) is 26.9. The molecule has 12 nitrogen and oxygen atoms in total. The number of thiophene rings is 1. The van der Waals surface area contributed by atoms with Gasteiger partial charge in [-0.15, -0.1) is 24.5 Å². The number of carbonyl (C=O) groups is 4. The zero-order valence-corrected chi connectivity index (χ0v) is 27.7. The van der Waals surface area contributed by atoms with Crippen LogP contribution in [0, 0.1) is 11.3 Å². The number of amides is 3. The van der Waals surface area contributed by atoms with Crippen molar-refractivity contribution in [3.05, 3.63) is 41.6 Å². The third kappa shape index (κ3) is 9.09. The summed E-state index contributed by atoms with van der Waals surface area (Å²) in [5.74, 6) is -2.01. The van der Waals surface area contributed by atoms with Crippen molar-refractivity contribution in [3.8, 4) is 0 Å². The highest BCUT2D eigenvalue weighted by molar-refractivity contribution is 7.12. The van der Waals surface area contributed by atoms with Gasteiger partial charge in [0.15, 0.2) is 0 Å². The average molecular weight is 646 g/mol. The van der Waals surface area contributed by atoms with Crippen molar-refractivity contribution in [2.45, 2.75) is 95.0 Å². The van der Waals surface area contributed by atoms with Crippen LogP contribution in [-0.2, 0) is 28.6 Å². The van der Waals surface area contributed by atoms with Crippen LogP contribution in [0.25, 0.3) is 0 Å². The molecule has 0 spiro atoms. The fourth-order valence-electron chi connectivity index (χ4n) is 5.49. The van der Waals surface area contributed by atoms with E-state index in [2.05, 4.69) is 29.1 Å². The topological polar surface area (TPSA) is 159 Å². The number of nitrogens with one attached hydrogen (secondary N) is 4. The van der Waals surface area contributed by atoms with E-state index in [9.17, 15) is 19.2 Å². The van der Waals surface area contributed by atoms with E-state index in [-0.39, 0.29) is 24.8 Å². The number of allylic oxidation sites excluding steroid dienone is 1. The summed E-state index contributed by atoms with van der Waals surface area (Å²) in [6.45, 7) is 12.7. The van der Waals surface area contributed by atoms with Crippen molar-refractivity contribution >= 4 is 46.8 Å². The second-order valence-corrected chi connectivity index (χ2v) is 13.3. The van der Waals surface area contributed by atoms with Gasteiger partial charge >= 0.3 is 12.1 Å². The third-order valence-corrected chi connectivity index (χ3v) is 8.77. The van der Waals surface area contributed by atoms with Crippen LogP contribution >= 0.6 is 11.3 Å².